The van der Waals surface area contributed by atoms with Gasteiger partial charge in [0.2, 0.25) is 11.8 Å². The van der Waals surface area contributed by atoms with Crippen molar-refractivity contribution in [1.82, 2.24) is 5.32 Å². The van der Waals surface area contributed by atoms with Gasteiger partial charge in [-0.25, -0.2) is 8.78 Å². The zero-order valence-corrected chi connectivity index (χ0v) is 14.8. The second-order valence-corrected chi connectivity index (χ2v) is 7.14. The van der Waals surface area contributed by atoms with Gasteiger partial charge in [-0.05, 0) is 50.2 Å². The second kappa shape index (κ2) is 8.92. The number of halogens is 2. The Morgan fingerprint density at radius 3 is 2.24 bits per heavy atom. The Morgan fingerprint density at radius 1 is 1.08 bits per heavy atom. The van der Waals surface area contributed by atoms with Gasteiger partial charge in [-0.2, -0.15) is 0 Å². The van der Waals surface area contributed by atoms with Gasteiger partial charge >= 0.3 is 0 Å². The first kappa shape index (κ1) is 19.3. The molecule has 1 aliphatic rings. The molecule has 2 N–H and O–H groups in total. The minimum absolute atomic E-state index is 0.0139. The minimum atomic E-state index is -0.786. The number of rotatable bonds is 6. The standard InChI is InChI=1S/C19H26F2N2O2/c1-12(2)9-10-22-18(24)13-3-5-14(6-4-13)19(25)23-17-8-7-15(20)11-16(17)21/h7-8,11-14H,3-6,9-10H2,1-2H3,(H,22,24)(H,23,25). The lowest BCUT2D eigenvalue weighted by atomic mass is 9.81. The summed E-state index contributed by atoms with van der Waals surface area (Å²) in [7, 11) is 0. The molecule has 1 saturated carbocycles. The summed E-state index contributed by atoms with van der Waals surface area (Å²) in [5, 5.41) is 5.47. The normalized spacial score (nSPS) is 20.4. The molecule has 2 rings (SSSR count). The second-order valence-electron chi connectivity index (χ2n) is 7.14. The molecule has 25 heavy (non-hydrogen) atoms. The Bertz CT molecular complexity index is 611. The predicted molar refractivity (Wildman–Crippen MR) is 92.9 cm³/mol. The van der Waals surface area contributed by atoms with E-state index in [2.05, 4.69) is 24.5 Å². The molecule has 0 unspecified atom stereocenters. The van der Waals surface area contributed by atoms with Crippen molar-refractivity contribution in [3.63, 3.8) is 0 Å². The fourth-order valence-electron chi connectivity index (χ4n) is 3.07. The Morgan fingerprint density at radius 2 is 1.68 bits per heavy atom. The van der Waals surface area contributed by atoms with E-state index >= 15 is 0 Å². The van der Waals surface area contributed by atoms with E-state index in [1.807, 2.05) is 0 Å². The molecule has 2 amide bonds. The van der Waals surface area contributed by atoms with Crippen molar-refractivity contribution < 1.29 is 18.4 Å². The van der Waals surface area contributed by atoms with Crippen LogP contribution in [0.3, 0.4) is 0 Å². The average molecular weight is 352 g/mol. The summed E-state index contributed by atoms with van der Waals surface area (Å²) in [5.74, 6) is -1.44. The fraction of sp³-hybridized carbons (Fsp3) is 0.579. The van der Waals surface area contributed by atoms with Crippen LogP contribution in [0.1, 0.15) is 46.0 Å². The molecule has 0 radical (unpaired) electrons. The van der Waals surface area contributed by atoms with Crippen LogP contribution in [0, 0.1) is 29.4 Å². The van der Waals surface area contributed by atoms with E-state index in [0.29, 0.717) is 38.1 Å². The van der Waals surface area contributed by atoms with Crippen LogP contribution in [0.25, 0.3) is 0 Å². The Balaban J connectivity index is 1.79. The van der Waals surface area contributed by atoms with E-state index in [4.69, 9.17) is 0 Å². The molecule has 1 aromatic carbocycles. The van der Waals surface area contributed by atoms with Gasteiger partial charge in [0.05, 0.1) is 5.69 Å². The molecular weight excluding hydrogens is 326 g/mol. The maximum atomic E-state index is 13.6. The van der Waals surface area contributed by atoms with Crippen molar-refractivity contribution in [2.24, 2.45) is 17.8 Å². The van der Waals surface area contributed by atoms with Crippen molar-refractivity contribution in [3.05, 3.63) is 29.8 Å². The van der Waals surface area contributed by atoms with Gasteiger partial charge in [0.25, 0.3) is 0 Å². The molecule has 0 aromatic heterocycles. The highest BCUT2D eigenvalue weighted by Gasteiger charge is 2.30. The highest BCUT2D eigenvalue weighted by molar-refractivity contribution is 5.92. The van der Waals surface area contributed by atoms with Crippen molar-refractivity contribution in [1.29, 1.82) is 0 Å². The van der Waals surface area contributed by atoms with Gasteiger partial charge in [-0.3, -0.25) is 9.59 Å². The topological polar surface area (TPSA) is 58.2 Å². The minimum Gasteiger partial charge on any atom is -0.356 e. The highest BCUT2D eigenvalue weighted by atomic mass is 19.1. The van der Waals surface area contributed by atoms with Crippen LogP contribution in [0.15, 0.2) is 18.2 Å². The molecule has 0 bridgehead atoms. The average Bonchev–Trinajstić information content (AvgIpc) is 2.57. The van der Waals surface area contributed by atoms with Gasteiger partial charge in [-0.15, -0.1) is 0 Å². The Kier molecular flexibility index (Phi) is 6.91. The number of carbonyl (C=O) groups is 2. The third-order valence-electron chi connectivity index (χ3n) is 4.68. The van der Waals surface area contributed by atoms with Crippen molar-refractivity contribution in [2.45, 2.75) is 46.0 Å². The van der Waals surface area contributed by atoms with E-state index < -0.39 is 11.6 Å². The first-order chi connectivity index (χ1) is 11.9. The van der Waals surface area contributed by atoms with E-state index in [9.17, 15) is 18.4 Å². The van der Waals surface area contributed by atoms with Crippen molar-refractivity contribution in [2.75, 3.05) is 11.9 Å². The lowest BCUT2D eigenvalue weighted by molar-refractivity contribution is -0.128. The van der Waals surface area contributed by atoms with Crippen LogP contribution < -0.4 is 10.6 Å². The Hall–Kier alpha value is -1.98. The molecule has 0 heterocycles. The van der Waals surface area contributed by atoms with Crippen molar-refractivity contribution >= 4 is 17.5 Å². The van der Waals surface area contributed by atoms with Crippen LogP contribution in [0.2, 0.25) is 0 Å². The largest absolute Gasteiger partial charge is 0.356 e. The molecule has 6 heteroatoms. The number of hydrogen-bond donors (Lipinski definition) is 2. The number of carbonyl (C=O) groups excluding carboxylic acids is 2. The molecule has 4 nitrogen and oxygen atoms in total. The third kappa shape index (κ3) is 5.80. The van der Waals surface area contributed by atoms with E-state index in [1.54, 1.807) is 0 Å². The van der Waals surface area contributed by atoms with Crippen LogP contribution in [0.5, 0.6) is 0 Å². The fourth-order valence-corrected chi connectivity index (χ4v) is 3.07. The monoisotopic (exact) mass is 352 g/mol. The van der Waals surface area contributed by atoms with Crippen LogP contribution in [-0.4, -0.2) is 18.4 Å². The molecule has 138 valence electrons. The zero-order chi connectivity index (χ0) is 18.4. The van der Waals surface area contributed by atoms with Crippen LogP contribution >= 0.6 is 0 Å². The summed E-state index contributed by atoms with van der Waals surface area (Å²) in [5.41, 5.74) is -0.0139. The van der Waals surface area contributed by atoms with E-state index in [-0.39, 0.29) is 29.3 Å². The molecule has 1 aliphatic carbocycles. The smallest absolute Gasteiger partial charge is 0.227 e. The zero-order valence-electron chi connectivity index (χ0n) is 14.8. The molecule has 1 fully saturated rings. The summed E-state index contributed by atoms with van der Waals surface area (Å²) < 4.78 is 26.5. The van der Waals surface area contributed by atoms with Gasteiger partial charge in [0.1, 0.15) is 11.6 Å². The number of amides is 2. The highest BCUT2D eigenvalue weighted by Crippen LogP contribution is 2.30. The number of anilines is 1. The van der Waals surface area contributed by atoms with E-state index in [1.165, 1.54) is 6.07 Å². The van der Waals surface area contributed by atoms with Crippen LogP contribution in [-0.2, 0) is 9.59 Å². The molecule has 0 saturated heterocycles. The maximum Gasteiger partial charge on any atom is 0.227 e. The first-order valence-corrected chi connectivity index (χ1v) is 8.90. The Labute approximate surface area is 147 Å². The predicted octanol–water partition coefficient (Wildman–Crippen LogP) is 3.87. The van der Waals surface area contributed by atoms with Gasteiger partial charge in [0, 0.05) is 24.4 Å². The van der Waals surface area contributed by atoms with Crippen molar-refractivity contribution in [3.8, 4) is 0 Å². The van der Waals surface area contributed by atoms with Crippen LogP contribution in [0.4, 0.5) is 14.5 Å². The SMILES string of the molecule is CC(C)CCNC(=O)C1CCC(C(=O)Nc2ccc(F)cc2F)CC1. The summed E-state index contributed by atoms with van der Waals surface area (Å²) in [6, 6.07) is 3.07. The molecular formula is C19H26F2N2O2. The van der Waals surface area contributed by atoms with Gasteiger partial charge < -0.3 is 10.6 Å². The molecule has 0 spiro atoms. The van der Waals surface area contributed by atoms with Gasteiger partial charge in [-0.1, -0.05) is 13.8 Å². The number of nitrogens with one attached hydrogen (secondary N) is 2. The lowest BCUT2D eigenvalue weighted by Crippen LogP contribution is -2.36. The first-order valence-electron chi connectivity index (χ1n) is 8.90. The lowest BCUT2D eigenvalue weighted by Gasteiger charge is -2.27. The maximum absolute atomic E-state index is 13.6. The summed E-state index contributed by atoms with van der Waals surface area (Å²) >= 11 is 0. The summed E-state index contributed by atoms with van der Waals surface area (Å²) in [6.45, 7) is 4.90. The third-order valence-corrected chi connectivity index (χ3v) is 4.68. The summed E-state index contributed by atoms with van der Waals surface area (Å²) in [4.78, 5) is 24.4. The molecule has 0 aliphatic heterocycles. The molecule has 1 aromatic rings. The summed E-state index contributed by atoms with van der Waals surface area (Å²) in [6.07, 6.45) is 3.44. The van der Waals surface area contributed by atoms with E-state index in [0.717, 1.165) is 18.6 Å². The molecule has 0 atom stereocenters. The number of hydrogen-bond acceptors (Lipinski definition) is 2. The quantitative estimate of drug-likeness (QED) is 0.816. The van der Waals surface area contributed by atoms with Gasteiger partial charge in [0.15, 0.2) is 0 Å². The number of benzene rings is 1.